The van der Waals surface area contributed by atoms with Crippen LogP contribution < -0.4 is 17.4 Å². The van der Waals surface area contributed by atoms with Crippen molar-refractivity contribution < 1.29 is 0 Å². The van der Waals surface area contributed by atoms with E-state index in [9.17, 15) is 0 Å². The van der Waals surface area contributed by atoms with Gasteiger partial charge in [0.1, 0.15) is 0 Å². The summed E-state index contributed by atoms with van der Waals surface area (Å²) in [5, 5.41) is 29.6. The lowest BCUT2D eigenvalue weighted by molar-refractivity contribution is 0.871. The van der Waals surface area contributed by atoms with E-state index >= 15 is 0 Å². The van der Waals surface area contributed by atoms with Gasteiger partial charge < -0.3 is 33.0 Å². The first kappa shape index (κ1) is 10.9. The molecule has 0 aliphatic carbocycles. The molecule has 2 heterocycles. The van der Waals surface area contributed by atoms with Crippen molar-refractivity contribution in [2.45, 2.75) is 0 Å². The Morgan fingerprint density at radius 1 is 1.23 bits per heavy atom. The molecule has 72 valence electrons. The Hall–Kier alpha value is -2.14. The van der Waals surface area contributed by atoms with Gasteiger partial charge in [0.15, 0.2) is 5.95 Å². The topological polar surface area (TPSA) is 194 Å². The Morgan fingerprint density at radius 2 is 2.08 bits per heavy atom. The molecular formula is C2H9N11. The van der Waals surface area contributed by atoms with Crippen molar-refractivity contribution in [2.24, 2.45) is 0 Å². The lowest BCUT2D eigenvalue weighted by atomic mass is 10.9. The number of quaternary nitrogens is 2. The summed E-state index contributed by atoms with van der Waals surface area (Å²) in [6.07, 6.45) is 0. The van der Waals surface area contributed by atoms with E-state index in [1.54, 1.807) is 0 Å². The van der Waals surface area contributed by atoms with Gasteiger partial charge in [-0.3, -0.25) is 5.21 Å². The van der Waals surface area contributed by atoms with Crippen molar-refractivity contribution >= 4 is 11.9 Å². The number of nitrogens with zero attached hydrogens (tertiary/aromatic N) is 8. The summed E-state index contributed by atoms with van der Waals surface area (Å²) in [6.45, 7) is 0. The van der Waals surface area contributed by atoms with E-state index < -0.39 is 0 Å². The Morgan fingerprint density at radius 3 is 2.62 bits per heavy atom. The molecule has 0 aromatic carbocycles. The molecule has 0 saturated heterocycles. The Bertz CT molecular complexity index is 260. The van der Waals surface area contributed by atoms with Crippen molar-refractivity contribution in [1.29, 1.82) is 0 Å². The van der Waals surface area contributed by atoms with Gasteiger partial charge in [-0.2, -0.15) is 5.21 Å². The minimum atomic E-state index is 0. The molecule has 2 aromatic heterocycles. The zero-order chi connectivity index (χ0) is 7.52. The van der Waals surface area contributed by atoms with Gasteiger partial charge in [-0.25, -0.2) is 0 Å². The largest absolute Gasteiger partial charge is 0.452 e. The van der Waals surface area contributed by atoms with E-state index in [1.807, 2.05) is 0 Å². The molecule has 13 heavy (non-hydrogen) atoms. The summed E-state index contributed by atoms with van der Waals surface area (Å²) in [4.78, 5) is 0. The van der Waals surface area contributed by atoms with Gasteiger partial charge in [0.05, 0.1) is 0 Å². The van der Waals surface area contributed by atoms with Gasteiger partial charge in [-0.15, -0.1) is 10.2 Å². The fourth-order valence-electron chi connectivity index (χ4n) is 0.478. The van der Waals surface area contributed by atoms with Crippen molar-refractivity contribution in [3.8, 4) is 0 Å². The van der Waals surface area contributed by atoms with E-state index in [2.05, 4.69) is 46.6 Å². The van der Waals surface area contributed by atoms with E-state index in [4.69, 9.17) is 0 Å². The number of aromatic nitrogens is 8. The molecule has 0 atom stereocenters. The third-order valence-corrected chi connectivity index (χ3v) is 0.842. The number of rotatable bonds is 2. The SMILES string of the molecule is [NH4+].[NH4+].n1n[n-]c([N-]c2nn[nH]n2)n1. The Balaban J connectivity index is 0.000000720. The number of hydrogen-bond donors (Lipinski definition) is 3. The second-order valence-corrected chi connectivity index (χ2v) is 1.50. The average Bonchev–Trinajstić information content (AvgIpc) is 2.60. The first-order valence-corrected chi connectivity index (χ1v) is 2.59. The molecule has 0 spiro atoms. The van der Waals surface area contributed by atoms with Crippen LogP contribution in [-0.4, -0.2) is 36.1 Å². The lowest BCUT2D eigenvalue weighted by Crippen LogP contribution is -1.75. The predicted molar refractivity (Wildman–Crippen MR) is 42.0 cm³/mol. The van der Waals surface area contributed by atoms with Crippen LogP contribution in [-0.2, 0) is 0 Å². The monoisotopic (exact) mass is 187 g/mol. The van der Waals surface area contributed by atoms with E-state index in [0.717, 1.165) is 0 Å². The van der Waals surface area contributed by atoms with Crippen LogP contribution in [0.5, 0.6) is 0 Å². The van der Waals surface area contributed by atoms with Gasteiger partial charge in [-0.05, 0) is 0 Å². The van der Waals surface area contributed by atoms with Crippen LogP contribution in [0.4, 0.5) is 11.9 Å². The number of tetrazole rings is 2. The molecule has 11 nitrogen and oxygen atoms in total. The van der Waals surface area contributed by atoms with E-state index in [-0.39, 0.29) is 24.2 Å². The van der Waals surface area contributed by atoms with Crippen LogP contribution in [0.25, 0.3) is 5.32 Å². The Kier molecular flexibility index (Phi) is 3.91. The summed E-state index contributed by atoms with van der Waals surface area (Å²) in [5.41, 5.74) is 0. The molecule has 2 aromatic rings. The minimum absolute atomic E-state index is 0. The number of hydrogen-bond acceptors (Lipinski definition) is 6. The number of aromatic amines is 1. The molecule has 0 bridgehead atoms. The normalized spacial score (nSPS) is 8.31. The fraction of sp³-hybridized carbons (Fsp3) is 0. The summed E-state index contributed by atoms with van der Waals surface area (Å²) >= 11 is 0. The fourth-order valence-corrected chi connectivity index (χ4v) is 0.478. The standard InChI is InChI=1S/C2HN9.2H3N/c3(1-4-8-9-5-1)2-6-10-11-7-2;;/h(H-2,3,4,5,6,7,8,9,10,11);2*1H3/q-2;;/p+2. The van der Waals surface area contributed by atoms with Gasteiger partial charge in [0.25, 0.3) is 0 Å². The maximum Gasteiger partial charge on any atom is 0.189 e. The van der Waals surface area contributed by atoms with Crippen LogP contribution >= 0.6 is 0 Å². The number of H-pyrrole nitrogens is 1. The molecule has 0 unspecified atom stereocenters. The molecule has 9 N–H and O–H groups in total. The molecule has 11 heteroatoms. The second-order valence-electron chi connectivity index (χ2n) is 1.50. The maximum absolute atomic E-state index is 3.70. The van der Waals surface area contributed by atoms with Crippen molar-refractivity contribution in [3.05, 3.63) is 5.32 Å². The average molecular weight is 187 g/mol. The maximum atomic E-state index is 3.70. The molecule has 0 aliphatic rings. The highest BCUT2D eigenvalue weighted by atomic mass is 15.5. The van der Waals surface area contributed by atoms with Crippen LogP contribution in [0.1, 0.15) is 0 Å². The van der Waals surface area contributed by atoms with E-state index in [0.29, 0.717) is 0 Å². The van der Waals surface area contributed by atoms with Gasteiger partial charge in [-0.1, -0.05) is 11.2 Å². The molecule has 0 radical (unpaired) electrons. The Labute approximate surface area is 71.9 Å². The molecular weight excluding hydrogens is 178 g/mol. The van der Waals surface area contributed by atoms with Crippen LogP contribution in [0.3, 0.4) is 0 Å². The van der Waals surface area contributed by atoms with Crippen LogP contribution in [0.2, 0.25) is 0 Å². The highest BCUT2D eigenvalue weighted by Crippen LogP contribution is 2.16. The minimum Gasteiger partial charge on any atom is -0.452 e. The van der Waals surface area contributed by atoms with Crippen molar-refractivity contribution in [1.82, 2.24) is 53.5 Å². The van der Waals surface area contributed by atoms with Crippen LogP contribution in [0, 0.1) is 0 Å². The molecule has 0 amide bonds. The van der Waals surface area contributed by atoms with Gasteiger partial charge in [0.2, 0.25) is 0 Å². The molecule has 2 rings (SSSR count). The van der Waals surface area contributed by atoms with Gasteiger partial charge in [0, 0.05) is 0 Å². The third-order valence-electron chi connectivity index (χ3n) is 0.842. The van der Waals surface area contributed by atoms with Gasteiger partial charge >= 0.3 is 0 Å². The quantitative estimate of drug-likeness (QED) is 0.559. The molecule has 0 fully saturated rings. The lowest BCUT2D eigenvalue weighted by Gasteiger charge is -2.06. The second kappa shape index (κ2) is 4.68. The summed E-state index contributed by atoms with van der Waals surface area (Å²) < 4.78 is 0. The zero-order valence-corrected chi connectivity index (χ0v) is 7.08. The highest BCUT2D eigenvalue weighted by molar-refractivity contribution is 5.47. The zero-order valence-electron chi connectivity index (χ0n) is 7.08. The first-order chi connectivity index (χ1) is 5.45. The summed E-state index contributed by atoms with van der Waals surface area (Å²) in [6, 6.07) is 0. The smallest absolute Gasteiger partial charge is 0.189 e. The molecule has 0 aliphatic heterocycles. The highest BCUT2D eigenvalue weighted by Gasteiger charge is 1.86. The molecule has 0 saturated carbocycles. The van der Waals surface area contributed by atoms with Crippen LogP contribution in [0.15, 0.2) is 0 Å². The van der Waals surface area contributed by atoms with Crippen molar-refractivity contribution in [3.63, 3.8) is 0 Å². The summed E-state index contributed by atoms with van der Waals surface area (Å²) in [7, 11) is 0. The number of nitrogens with one attached hydrogen (secondary N) is 1. The van der Waals surface area contributed by atoms with E-state index in [1.165, 1.54) is 0 Å². The van der Waals surface area contributed by atoms with Crippen molar-refractivity contribution in [2.75, 3.05) is 0 Å². The first-order valence-electron chi connectivity index (χ1n) is 2.59. The summed E-state index contributed by atoms with van der Waals surface area (Å²) in [5.74, 6) is 0.270. The predicted octanol–water partition coefficient (Wildman–Crippen LogP) is -0.569. The third kappa shape index (κ3) is 2.42.